The molecular formula is C19H34N6O6. The number of primary amides is 1. The first-order valence-corrected chi connectivity index (χ1v) is 10.5. The molecule has 1 aliphatic rings. The lowest BCUT2D eigenvalue weighted by atomic mass is 10.1. The molecule has 0 aromatic carbocycles. The Labute approximate surface area is 181 Å². The first kappa shape index (κ1) is 26.3. The van der Waals surface area contributed by atoms with Crippen LogP contribution in [0.4, 0.5) is 0 Å². The molecule has 0 spiro atoms. The van der Waals surface area contributed by atoms with Gasteiger partial charge in [0.2, 0.25) is 23.6 Å². The van der Waals surface area contributed by atoms with Crippen molar-refractivity contribution in [2.45, 2.75) is 76.0 Å². The molecule has 1 rings (SSSR count). The molecule has 1 fully saturated rings. The van der Waals surface area contributed by atoms with Gasteiger partial charge in [0.1, 0.15) is 18.1 Å². The summed E-state index contributed by atoms with van der Waals surface area (Å²) in [5.74, 6) is -3.51. The molecule has 0 aliphatic carbocycles. The molecule has 12 heteroatoms. The minimum atomic E-state index is -1.18. The van der Waals surface area contributed by atoms with Crippen molar-refractivity contribution in [2.24, 2.45) is 11.5 Å². The van der Waals surface area contributed by atoms with Crippen LogP contribution in [-0.2, 0) is 24.0 Å². The number of carbonyl (C=O) groups is 5. The highest BCUT2D eigenvalue weighted by Crippen LogP contribution is 2.07. The maximum Gasteiger partial charge on any atom is 0.326 e. The molecule has 1 aliphatic heterocycles. The van der Waals surface area contributed by atoms with Crippen LogP contribution in [0.3, 0.4) is 0 Å². The first-order chi connectivity index (χ1) is 14.6. The van der Waals surface area contributed by atoms with Gasteiger partial charge in [0, 0.05) is 6.42 Å². The number of hydrogen-bond donors (Lipinski definition) is 7. The zero-order chi connectivity index (χ0) is 23.4. The standard InChI is InChI=1S/C19H34N6O6/c1-11(16(27)25-14(19(30)31)5-2-3-9-20)23-18(29)13(7-8-15(21)26)24-17(28)12-6-4-10-22-12/h11-14,22H,2-10,20H2,1H3,(H2,21,26)(H,23,29)(H,24,28)(H,25,27)(H,30,31)/t11-,12-,13-,14-/m0/s1. The van der Waals surface area contributed by atoms with Gasteiger partial charge in [-0.25, -0.2) is 4.79 Å². The summed E-state index contributed by atoms with van der Waals surface area (Å²) in [4.78, 5) is 59.8. The number of unbranched alkanes of at least 4 members (excludes halogenated alkanes) is 1. The van der Waals surface area contributed by atoms with Gasteiger partial charge in [0.15, 0.2) is 0 Å². The van der Waals surface area contributed by atoms with Crippen molar-refractivity contribution in [3.63, 3.8) is 0 Å². The minimum Gasteiger partial charge on any atom is -0.480 e. The van der Waals surface area contributed by atoms with Crippen LogP contribution in [0.5, 0.6) is 0 Å². The molecule has 0 aromatic rings. The highest BCUT2D eigenvalue weighted by Gasteiger charge is 2.30. The van der Waals surface area contributed by atoms with E-state index in [1.165, 1.54) is 6.92 Å². The van der Waals surface area contributed by atoms with Crippen molar-refractivity contribution in [3.05, 3.63) is 0 Å². The van der Waals surface area contributed by atoms with Crippen LogP contribution in [0.2, 0.25) is 0 Å². The normalized spacial score (nSPS) is 18.5. The Morgan fingerprint density at radius 1 is 1.03 bits per heavy atom. The Bertz CT molecular complexity index is 652. The third-order valence-corrected chi connectivity index (χ3v) is 5.00. The maximum absolute atomic E-state index is 12.6. The molecule has 0 unspecified atom stereocenters. The average Bonchev–Trinajstić information content (AvgIpc) is 3.24. The Hall–Kier alpha value is -2.73. The third kappa shape index (κ3) is 9.75. The molecule has 1 saturated heterocycles. The summed E-state index contributed by atoms with van der Waals surface area (Å²) >= 11 is 0. The van der Waals surface area contributed by atoms with E-state index in [1.54, 1.807) is 0 Å². The van der Waals surface area contributed by atoms with Gasteiger partial charge < -0.3 is 37.8 Å². The lowest BCUT2D eigenvalue weighted by molar-refractivity contribution is -0.142. The summed E-state index contributed by atoms with van der Waals surface area (Å²) in [6.07, 6.45) is 2.70. The van der Waals surface area contributed by atoms with Gasteiger partial charge in [-0.05, 0) is 58.5 Å². The summed E-state index contributed by atoms with van der Waals surface area (Å²) < 4.78 is 0. The third-order valence-electron chi connectivity index (χ3n) is 5.00. The number of nitrogens with one attached hydrogen (secondary N) is 4. The monoisotopic (exact) mass is 442 g/mol. The van der Waals surface area contributed by atoms with Crippen LogP contribution >= 0.6 is 0 Å². The molecule has 31 heavy (non-hydrogen) atoms. The highest BCUT2D eigenvalue weighted by atomic mass is 16.4. The van der Waals surface area contributed by atoms with Crippen LogP contribution in [-0.4, -0.2) is 72.0 Å². The summed E-state index contributed by atoms with van der Waals surface area (Å²) in [6, 6.07) is -3.63. The largest absolute Gasteiger partial charge is 0.480 e. The molecule has 1 heterocycles. The summed E-state index contributed by atoms with van der Waals surface area (Å²) in [6.45, 7) is 2.52. The smallest absolute Gasteiger partial charge is 0.326 e. The Balaban J connectivity index is 2.68. The first-order valence-electron chi connectivity index (χ1n) is 10.5. The molecule has 4 atom stereocenters. The van der Waals surface area contributed by atoms with E-state index in [0.29, 0.717) is 32.4 Å². The van der Waals surface area contributed by atoms with E-state index >= 15 is 0 Å². The van der Waals surface area contributed by atoms with E-state index in [1.807, 2.05) is 0 Å². The van der Waals surface area contributed by atoms with Gasteiger partial charge in [-0.1, -0.05) is 0 Å². The Kier molecular flexibility index (Phi) is 11.5. The van der Waals surface area contributed by atoms with E-state index in [-0.39, 0.29) is 25.2 Å². The summed E-state index contributed by atoms with van der Waals surface area (Å²) in [5.41, 5.74) is 10.5. The number of carboxylic acid groups (broad SMARTS) is 1. The van der Waals surface area contributed by atoms with Crippen molar-refractivity contribution in [2.75, 3.05) is 13.1 Å². The van der Waals surface area contributed by atoms with Crippen LogP contribution in [0.25, 0.3) is 0 Å². The summed E-state index contributed by atoms with van der Waals surface area (Å²) in [5, 5.41) is 19.7. The van der Waals surface area contributed by atoms with Crippen molar-refractivity contribution >= 4 is 29.6 Å². The average molecular weight is 443 g/mol. The molecule has 0 saturated carbocycles. The Morgan fingerprint density at radius 3 is 2.29 bits per heavy atom. The van der Waals surface area contributed by atoms with Gasteiger partial charge in [-0.3, -0.25) is 19.2 Å². The molecule has 9 N–H and O–H groups in total. The highest BCUT2D eigenvalue weighted by molar-refractivity contribution is 5.94. The van der Waals surface area contributed by atoms with E-state index < -0.39 is 47.9 Å². The van der Waals surface area contributed by atoms with Crippen LogP contribution in [0.1, 0.15) is 51.9 Å². The fourth-order valence-electron chi connectivity index (χ4n) is 3.16. The van der Waals surface area contributed by atoms with E-state index in [2.05, 4.69) is 21.3 Å². The van der Waals surface area contributed by atoms with Crippen molar-refractivity contribution in [1.29, 1.82) is 0 Å². The fourth-order valence-corrected chi connectivity index (χ4v) is 3.16. The quantitative estimate of drug-likeness (QED) is 0.145. The number of carboxylic acids is 1. The van der Waals surface area contributed by atoms with Gasteiger partial charge in [0.25, 0.3) is 0 Å². The van der Waals surface area contributed by atoms with E-state index in [0.717, 1.165) is 6.42 Å². The second-order valence-corrected chi connectivity index (χ2v) is 7.63. The zero-order valence-corrected chi connectivity index (χ0v) is 17.8. The lowest BCUT2D eigenvalue weighted by Gasteiger charge is -2.23. The zero-order valence-electron chi connectivity index (χ0n) is 17.8. The number of rotatable bonds is 14. The second-order valence-electron chi connectivity index (χ2n) is 7.63. The van der Waals surface area contributed by atoms with E-state index in [9.17, 15) is 29.1 Å². The predicted molar refractivity (Wildman–Crippen MR) is 111 cm³/mol. The van der Waals surface area contributed by atoms with Gasteiger partial charge in [-0.15, -0.1) is 0 Å². The number of aliphatic carboxylic acids is 1. The van der Waals surface area contributed by atoms with Gasteiger partial charge in [0.05, 0.1) is 6.04 Å². The van der Waals surface area contributed by atoms with Crippen molar-refractivity contribution in [3.8, 4) is 0 Å². The molecule has 0 bridgehead atoms. The number of amides is 4. The molecule has 0 aromatic heterocycles. The molecular weight excluding hydrogens is 408 g/mol. The van der Waals surface area contributed by atoms with Crippen LogP contribution in [0.15, 0.2) is 0 Å². The van der Waals surface area contributed by atoms with Gasteiger partial charge >= 0.3 is 5.97 Å². The Morgan fingerprint density at radius 2 is 1.74 bits per heavy atom. The van der Waals surface area contributed by atoms with Crippen LogP contribution < -0.4 is 32.7 Å². The lowest BCUT2D eigenvalue weighted by Crippen LogP contribution is -2.56. The SMILES string of the molecule is C[C@H](NC(=O)[C@H](CCC(N)=O)NC(=O)[C@@H]1CCCN1)C(=O)N[C@@H](CCCCN)C(=O)O. The predicted octanol–water partition coefficient (Wildman–Crippen LogP) is -2.31. The number of nitrogens with two attached hydrogens (primary N) is 2. The number of hydrogen-bond acceptors (Lipinski definition) is 7. The second kappa shape index (κ2) is 13.5. The van der Waals surface area contributed by atoms with Crippen LogP contribution in [0, 0.1) is 0 Å². The fraction of sp³-hybridized carbons (Fsp3) is 0.737. The molecule has 176 valence electrons. The van der Waals surface area contributed by atoms with E-state index in [4.69, 9.17) is 11.5 Å². The molecule has 4 amide bonds. The van der Waals surface area contributed by atoms with Gasteiger partial charge in [-0.2, -0.15) is 0 Å². The minimum absolute atomic E-state index is 0.0230. The molecule has 0 radical (unpaired) electrons. The maximum atomic E-state index is 12.6. The topological polar surface area (TPSA) is 206 Å². The molecule has 12 nitrogen and oxygen atoms in total. The van der Waals surface area contributed by atoms with Crippen molar-refractivity contribution < 1.29 is 29.1 Å². The van der Waals surface area contributed by atoms with Crippen molar-refractivity contribution in [1.82, 2.24) is 21.3 Å². The summed E-state index contributed by atoms with van der Waals surface area (Å²) in [7, 11) is 0. The number of carbonyl (C=O) groups excluding carboxylic acids is 4.